The van der Waals surface area contributed by atoms with E-state index in [4.69, 9.17) is 26.3 Å². The molecule has 0 radical (unpaired) electrons. The van der Waals surface area contributed by atoms with Crippen molar-refractivity contribution in [2.45, 2.75) is 57.8 Å². The van der Waals surface area contributed by atoms with E-state index in [1.54, 1.807) is 0 Å². The number of fused-ring (bicyclic) bond motifs is 27. The fourth-order valence-electron chi connectivity index (χ4n) is 22.4. The van der Waals surface area contributed by atoms with Crippen LogP contribution in [0.2, 0.25) is 0 Å². The van der Waals surface area contributed by atoms with E-state index in [1.807, 2.05) is 155 Å². The molecule has 0 amide bonds. The predicted molar refractivity (Wildman–Crippen MR) is 564 cm³/mol. The van der Waals surface area contributed by atoms with Crippen LogP contribution in [0.4, 0.5) is 22.7 Å². The SMILES string of the molecule is [C-]#[N+]c1ccc(-n2c3ccccc3c3cc([N+]#[C-])ccc32)c(-c2ccc3sc4cc5c(cc4c3c2)-c2ccccc2C5(C)C)c1.[C-]#[N+]c1ccc2c(c1)c1ccccc1n2-c1c(C#N)cccc1-c1ccc2sc3cc4c(cc3c2c1)-c1ccccc1C4(C)C.[C-]#[N+]c1ccc2c(c1)c1ccccc1n2-c1cc(C#N)ccc1-c1ccc2sc3cc4c(cc3c2c1)-c1ccccc1C4(C)C. The Morgan fingerprint density at radius 1 is 0.237 bits per heavy atom. The zero-order valence-electron chi connectivity index (χ0n) is 74.2. The van der Waals surface area contributed by atoms with Gasteiger partial charge in [0.1, 0.15) is 6.07 Å². The van der Waals surface area contributed by atoms with Gasteiger partial charge < -0.3 is 13.7 Å². The van der Waals surface area contributed by atoms with Gasteiger partial charge in [-0.3, -0.25) is 0 Å². The average molecular weight is 1780 g/mol. The third kappa shape index (κ3) is 12.0. The first-order valence-corrected chi connectivity index (χ1v) is 47.5. The number of para-hydroxylation sites is 4. The highest BCUT2D eigenvalue weighted by Gasteiger charge is 2.40. The van der Waals surface area contributed by atoms with Crippen molar-refractivity contribution in [3.63, 3.8) is 0 Å². The molecule has 0 bridgehead atoms. The molecular weight excluding hydrogens is 1700 g/mol. The minimum atomic E-state index is -0.0358. The van der Waals surface area contributed by atoms with Gasteiger partial charge in [0.2, 0.25) is 0 Å². The predicted octanol–water partition coefficient (Wildman–Crippen LogP) is 35.3. The number of thiophene rings is 3. The van der Waals surface area contributed by atoms with E-state index in [1.165, 1.54) is 127 Å². The molecule has 0 N–H and O–H groups in total. The lowest BCUT2D eigenvalue weighted by Gasteiger charge is -2.21. The summed E-state index contributed by atoms with van der Waals surface area (Å²) in [7, 11) is 0. The van der Waals surface area contributed by atoms with Crippen LogP contribution in [0.1, 0.15) is 86.1 Å². The lowest BCUT2D eigenvalue weighted by Crippen LogP contribution is -2.14. The van der Waals surface area contributed by atoms with E-state index < -0.39 is 0 Å². The molecule has 6 aromatic heterocycles. The maximum atomic E-state index is 10.4. The molecule has 0 aliphatic heterocycles. The van der Waals surface area contributed by atoms with Crippen molar-refractivity contribution < 1.29 is 0 Å². The molecule has 630 valence electrons. The van der Waals surface area contributed by atoms with Crippen molar-refractivity contribution >= 4 is 183 Å². The van der Waals surface area contributed by atoms with Gasteiger partial charge in [-0.1, -0.05) is 230 Å². The summed E-state index contributed by atoms with van der Waals surface area (Å²) in [6.45, 7) is 44.6. The average Bonchev–Trinajstić information content (AvgIpc) is 1.25. The fourth-order valence-corrected chi connectivity index (χ4v) is 25.7. The largest absolute Gasteiger partial charge is 0.309 e. The molecule has 12 heteroatoms. The summed E-state index contributed by atoms with van der Waals surface area (Å²) < 4.78 is 14.4. The van der Waals surface area contributed by atoms with Gasteiger partial charge in [0.15, 0.2) is 22.7 Å². The first-order chi connectivity index (χ1) is 65.9. The minimum absolute atomic E-state index is 0.0311. The van der Waals surface area contributed by atoms with Crippen molar-refractivity contribution in [2.75, 3.05) is 0 Å². The first-order valence-electron chi connectivity index (χ1n) is 45.0. The van der Waals surface area contributed by atoms with Gasteiger partial charge in [0, 0.05) is 104 Å². The van der Waals surface area contributed by atoms with Crippen LogP contribution in [-0.4, -0.2) is 13.7 Å². The Morgan fingerprint density at radius 2 is 0.585 bits per heavy atom. The second kappa shape index (κ2) is 30.0. The van der Waals surface area contributed by atoms with Gasteiger partial charge in [0.05, 0.1) is 93.6 Å². The number of hydrogen-bond donors (Lipinski definition) is 0. The number of aromatic nitrogens is 3. The normalized spacial score (nSPS) is 13.2. The van der Waals surface area contributed by atoms with Gasteiger partial charge in [0.25, 0.3) is 0 Å². The highest BCUT2D eigenvalue weighted by Crippen LogP contribution is 2.57. The van der Waals surface area contributed by atoms with E-state index >= 15 is 0 Å². The molecule has 0 unspecified atom stereocenters. The van der Waals surface area contributed by atoms with Gasteiger partial charge in [-0.05, 0) is 263 Å². The number of hydrogen-bond acceptors (Lipinski definition) is 5. The van der Waals surface area contributed by atoms with Gasteiger partial charge in [-0.25, -0.2) is 19.4 Å². The third-order valence-corrected chi connectivity index (χ3v) is 32.3. The topological polar surface area (TPSA) is 79.8 Å². The van der Waals surface area contributed by atoms with Crippen LogP contribution in [0, 0.1) is 49.0 Å². The van der Waals surface area contributed by atoms with Crippen LogP contribution in [0.3, 0.4) is 0 Å². The summed E-state index contributed by atoms with van der Waals surface area (Å²) in [6.07, 6.45) is 0. The summed E-state index contributed by atoms with van der Waals surface area (Å²) in [5.74, 6) is 0. The second-order valence-electron chi connectivity index (χ2n) is 37.1. The Bertz CT molecular complexity index is 9540. The van der Waals surface area contributed by atoms with E-state index in [-0.39, 0.29) is 16.2 Å². The van der Waals surface area contributed by atoms with Crippen LogP contribution in [0.15, 0.2) is 346 Å². The molecule has 18 aromatic carbocycles. The van der Waals surface area contributed by atoms with E-state index in [2.05, 4.69) is 311 Å². The second-order valence-corrected chi connectivity index (χ2v) is 40.4. The quantitative estimate of drug-likeness (QED) is 0.156. The van der Waals surface area contributed by atoms with Crippen LogP contribution in [-0.2, 0) is 16.2 Å². The van der Waals surface area contributed by atoms with Crippen LogP contribution < -0.4 is 0 Å². The van der Waals surface area contributed by atoms with Crippen molar-refractivity contribution in [1.82, 2.24) is 13.7 Å². The molecule has 3 aliphatic rings. The zero-order valence-corrected chi connectivity index (χ0v) is 76.6. The van der Waals surface area contributed by atoms with Crippen molar-refractivity contribution in [1.29, 1.82) is 10.5 Å². The summed E-state index contributed by atoms with van der Waals surface area (Å²) >= 11 is 5.55. The zero-order chi connectivity index (χ0) is 91.3. The number of benzene rings is 18. The summed E-state index contributed by atoms with van der Waals surface area (Å²) in [5, 5.41) is 34.2. The van der Waals surface area contributed by atoms with Crippen LogP contribution >= 0.6 is 34.0 Å². The molecule has 27 rings (SSSR count). The smallest absolute Gasteiger partial charge is 0.188 e. The fraction of sp³-hybridized carbons (Fsp3) is 0.0732. The monoisotopic (exact) mass is 1770 g/mol. The molecule has 3 aliphatic carbocycles. The van der Waals surface area contributed by atoms with Crippen LogP contribution in [0.25, 0.3) is 229 Å². The van der Waals surface area contributed by atoms with Crippen LogP contribution in [0.5, 0.6) is 0 Å². The van der Waals surface area contributed by atoms with E-state index in [0.717, 1.165) is 116 Å². The molecule has 135 heavy (non-hydrogen) atoms. The van der Waals surface area contributed by atoms with E-state index in [0.29, 0.717) is 33.9 Å². The lowest BCUT2D eigenvalue weighted by atomic mass is 9.82. The molecular formula is C123H75N9S3. The molecule has 0 saturated heterocycles. The molecule has 9 nitrogen and oxygen atoms in total. The van der Waals surface area contributed by atoms with Gasteiger partial charge >= 0.3 is 0 Å². The molecule has 0 saturated carbocycles. The molecule has 0 spiro atoms. The standard InChI is InChI=1S/3C41H25N3S/c1-41(2)34-11-7-5-9-27(34)30-22-33-32-19-24(13-18-39(32)45-40(33)23-35(30)41)29-20-25(42-3)14-16-37(29)44-36-12-8-6-10-28(36)31-21-26(43-4)15-17-38(31)44;1-41(2)34-13-6-4-10-28(34)30-21-33-32-19-24(15-18-38(32)45-39(33)22-35(30)41)27-12-8-9-25(23-42)40(27)44-36-14-7-5-11-29(36)31-20-26(43-3)16-17-37(31)44;1-41(2)34-10-6-4-8-28(34)30-21-33-32-19-25(13-17-39(32)45-40(33)22-35(30)41)27-15-12-24(23-42)18-38(27)44-36-11-7-5-9-29(36)31-20-26(43-3)14-16-37(31)44/h5-23H,1-2H3;2*4-22H,1-2H3. The van der Waals surface area contributed by atoms with Crippen molar-refractivity contribution in [3.8, 4) is 96.0 Å². The Morgan fingerprint density at radius 3 is 1.01 bits per heavy atom. The molecule has 6 heterocycles. The van der Waals surface area contributed by atoms with Gasteiger partial charge in [-0.15, -0.1) is 34.0 Å². The number of nitriles is 2. The number of rotatable bonds is 6. The van der Waals surface area contributed by atoms with Crippen molar-refractivity contribution in [3.05, 3.63) is 436 Å². The molecule has 0 fully saturated rings. The molecule has 0 atom stereocenters. The summed E-state index contributed by atoms with van der Waals surface area (Å²) in [4.78, 5) is 14.9. The number of nitrogens with zero attached hydrogens (tertiary/aromatic N) is 9. The highest BCUT2D eigenvalue weighted by molar-refractivity contribution is 7.26. The van der Waals surface area contributed by atoms with Crippen molar-refractivity contribution in [2.24, 2.45) is 0 Å². The maximum Gasteiger partial charge on any atom is 0.188 e. The molecule has 24 aromatic rings. The first kappa shape index (κ1) is 80.1. The summed E-state index contributed by atoms with van der Waals surface area (Å²) in [5.41, 5.74) is 35.2. The Kier molecular flexibility index (Phi) is 17.8. The maximum absolute atomic E-state index is 10.4. The minimum Gasteiger partial charge on any atom is -0.309 e. The Hall–Kier alpha value is -17.0. The Balaban J connectivity index is 0.000000108. The highest BCUT2D eigenvalue weighted by atomic mass is 32.1. The Labute approximate surface area is 790 Å². The van der Waals surface area contributed by atoms with E-state index in [9.17, 15) is 10.5 Å². The summed E-state index contributed by atoms with van der Waals surface area (Å²) in [6, 6.07) is 126. The third-order valence-electron chi connectivity index (χ3n) is 28.9. The lowest BCUT2D eigenvalue weighted by molar-refractivity contribution is 0.661. The van der Waals surface area contributed by atoms with Gasteiger partial charge in [-0.2, -0.15) is 10.5 Å².